The average Bonchev–Trinajstić information content (AvgIpc) is 3.52. The maximum absolute atomic E-state index is 13.4. The number of carbonyl (C=O) groups is 2. The van der Waals surface area contributed by atoms with Gasteiger partial charge in [0.2, 0.25) is 11.8 Å². The average molecular weight is 426 g/mol. The summed E-state index contributed by atoms with van der Waals surface area (Å²) in [4.78, 5) is 41.9. The van der Waals surface area contributed by atoms with Gasteiger partial charge in [-0.3, -0.25) is 19.0 Å². The number of carbonyl (C=O) groups excluding carboxylic acids is 2. The number of rotatable bonds is 7. The first kappa shape index (κ1) is 20.6. The summed E-state index contributed by atoms with van der Waals surface area (Å²) in [7, 11) is 0. The summed E-state index contributed by atoms with van der Waals surface area (Å²) in [5.41, 5.74) is 0.585. The molecule has 1 aliphatic rings. The second-order valence-corrected chi connectivity index (χ2v) is 7.49. The monoisotopic (exact) mass is 426 g/mol. The fraction of sp³-hybridized carbons (Fsp3) is 0.273. The van der Waals surface area contributed by atoms with E-state index < -0.39 is 23.1 Å². The molecule has 7 nitrogen and oxygen atoms in total. The zero-order valence-electron chi connectivity index (χ0n) is 16.5. The number of halogens is 2. The van der Waals surface area contributed by atoms with Crippen molar-refractivity contribution in [3.05, 3.63) is 70.1 Å². The van der Waals surface area contributed by atoms with Crippen molar-refractivity contribution in [2.24, 2.45) is 0 Å². The van der Waals surface area contributed by atoms with Gasteiger partial charge < -0.3 is 10.6 Å². The van der Waals surface area contributed by atoms with Gasteiger partial charge in [-0.1, -0.05) is 12.1 Å². The molecule has 0 aliphatic heterocycles. The summed E-state index contributed by atoms with van der Waals surface area (Å²) < 4.78 is 28.0. The summed E-state index contributed by atoms with van der Waals surface area (Å²) >= 11 is 0. The van der Waals surface area contributed by atoms with Crippen LogP contribution in [-0.4, -0.2) is 27.4 Å². The molecule has 0 radical (unpaired) electrons. The van der Waals surface area contributed by atoms with E-state index in [0.29, 0.717) is 17.1 Å². The van der Waals surface area contributed by atoms with E-state index in [1.807, 2.05) is 0 Å². The molecule has 0 saturated heterocycles. The molecule has 1 aliphatic carbocycles. The Labute approximate surface area is 176 Å². The van der Waals surface area contributed by atoms with Gasteiger partial charge in [0, 0.05) is 30.6 Å². The largest absolute Gasteiger partial charge is 0.353 e. The summed E-state index contributed by atoms with van der Waals surface area (Å²) in [5, 5.41) is 5.26. The van der Waals surface area contributed by atoms with Crippen LogP contribution in [0.2, 0.25) is 0 Å². The first-order chi connectivity index (χ1) is 14.9. The molecule has 1 saturated carbocycles. The number of aromatic nitrogens is 2. The number of fused-ring (bicyclic) bond motifs is 1. The number of aryl methyl sites for hydroxylation is 1. The molecule has 1 fully saturated rings. The molecule has 0 spiro atoms. The quantitative estimate of drug-likeness (QED) is 0.607. The van der Waals surface area contributed by atoms with E-state index in [0.717, 1.165) is 25.0 Å². The van der Waals surface area contributed by atoms with Crippen LogP contribution in [0.25, 0.3) is 11.0 Å². The molecule has 0 atom stereocenters. The normalized spacial score (nSPS) is 13.2. The van der Waals surface area contributed by atoms with Gasteiger partial charge in [-0.2, -0.15) is 0 Å². The number of amides is 2. The lowest BCUT2D eigenvalue weighted by Gasteiger charge is -2.13. The van der Waals surface area contributed by atoms with Crippen molar-refractivity contribution < 1.29 is 18.4 Å². The third kappa shape index (κ3) is 5.11. The predicted octanol–water partition coefficient (Wildman–Crippen LogP) is 2.52. The molecule has 31 heavy (non-hydrogen) atoms. The summed E-state index contributed by atoms with van der Waals surface area (Å²) in [6, 6.07) is 9.72. The minimum atomic E-state index is -0.825. The minimum absolute atomic E-state index is 0.0501. The molecule has 2 aromatic carbocycles. The highest BCUT2D eigenvalue weighted by Gasteiger charge is 2.23. The van der Waals surface area contributed by atoms with Crippen LogP contribution in [0.5, 0.6) is 0 Å². The fourth-order valence-corrected chi connectivity index (χ4v) is 3.29. The van der Waals surface area contributed by atoms with Gasteiger partial charge in [0.1, 0.15) is 23.9 Å². The maximum atomic E-state index is 13.4. The zero-order valence-corrected chi connectivity index (χ0v) is 16.5. The molecule has 160 valence electrons. The number of nitrogens with zero attached hydrogens (tertiary/aromatic N) is 2. The highest BCUT2D eigenvalue weighted by molar-refractivity contribution is 5.91. The van der Waals surface area contributed by atoms with Crippen LogP contribution in [0.4, 0.5) is 14.5 Å². The standard InChI is InChI=1S/C22H20F2N4O3/c23-13-9-14(24)11-16(10-13)26-21(30)12-28-19-4-2-1-3-17(19)27-18(22(28)31)7-8-20(29)25-15-5-6-15/h1-4,9-11,15H,5-8,12H2,(H,25,29)(H,26,30). The lowest BCUT2D eigenvalue weighted by atomic mass is 10.2. The first-order valence-electron chi connectivity index (χ1n) is 9.93. The predicted molar refractivity (Wildman–Crippen MR) is 110 cm³/mol. The van der Waals surface area contributed by atoms with Crippen molar-refractivity contribution in [1.29, 1.82) is 0 Å². The topological polar surface area (TPSA) is 93.1 Å². The Morgan fingerprint density at radius 3 is 2.48 bits per heavy atom. The third-order valence-electron chi connectivity index (χ3n) is 4.90. The lowest BCUT2D eigenvalue weighted by Crippen LogP contribution is -2.32. The van der Waals surface area contributed by atoms with Crippen molar-refractivity contribution >= 4 is 28.5 Å². The number of anilines is 1. The second kappa shape index (κ2) is 8.63. The van der Waals surface area contributed by atoms with Crippen LogP contribution in [-0.2, 0) is 22.6 Å². The molecule has 9 heteroatoms. The van der Waals surface area contributed by atoms with E-state index in [1.165, 1.54) is 4.57 Å². The van der Waals surface area contributed by atoms with Gasteiger partial charge >= 0.3 is 0 Å². The Morgan fingerprint density at radius 1 is 1.06 bits per heavy atom. The molecule has 3 aromatic rings. The van der Waals surface area contributed by atoms with Crippen molar-refractivity contribution in [3.63, 3.8) is 0 Å². The summed E-state index contributed by atoms with van der Waals surface area (Å²) in [5.74, 6) is -2.42. The van der Waals surface area contributed by atoms with Crippen molar-refractivity contribution in [3.8, 4) is 0 Å². The molecule has 1 aromatic heterocycles. The molecule has 4 rings (SSSR count). The highest BCUT2D eigenvalue weighted by atomic mass is 19.1. The van der Waals surface area contributed by atoms with Crippen LogP contribution in [0, 0.1) is 11.6 Å². The number of nitrogens with one attached hydrogen (secondary N) is 2. The molecular formula is C22H20F2N4O3. The van der Waals surface area contributed by atoms with Gasteiger partial charge in [0.25, 0.3) is 5.56 Å². The number of para-hydroxylation sites is 2. The SMILES string of the molecule is O=C(Cn1c(=O)c(CCC(=O)NC2CC2)nc2ccccc21)Nc1cc(F)cc(F)c1. The Bertz CT molecular complexity index is 1200. The van der Waals surface area contributed by atoms with E-state index in [1.54, 1.807) is 24.3 Å². The van der Waals surface area contributed by atoms with E-state index in [9.17, 15) is 23.2 Å². The molecule has 2 N–H and O–H groups in total. The van der Waals surface area contributed by atoms with E-state index in [-0.39, 0.29) is 42.7 Å². The summed E-state index contributed by atoms with van der Waals surface area (Å²) in [6.45, 7) is -0.374. The Balaban J connectivity index is 1.57. The van der Waals surface area contributed by atoms with Crippen LogP contribution >= 0.6 is 0 Å². The number of benzene rings is 2. The van der Waals surface area contributed by atoms with E-state index in [4.69, 9.17) is 0 Å². The van der Waals surface area contributed by atoms with Crippen LogP contribution in [0.15, 0.2) is 47.3 Å². The molecule has 0 unspecified atom stereocenters. The zero-order chi connectivity index (χ0) is 22.0. The second-order valence-electron chi connectivity index (χ2n) is 7.49. The van der Waals surface area contributed by atoms with Crippen molar-refractivity contribution in [1.82, 2.24) is 14.9 Å². The molecular weight excluding hydrogens is 406 g/mol. The molecule has 1 heterocycles. The van der Waals surface area contributed by atoms with Crippen LogP contribution in [0.3, 0.4) is 0 Å². The smallest absolute Gasteiger partial charge is 0.273 e. The van der Waals surface area contributed by atoms with Crippen molar-refractivity contribution in [2.45, 2.75) is 38.3 Å². The lowest BCUT2D eigenvalue weighted by molar-refractivity contribution is -0.121. The summed E-state index contributed by atoms with van der Waals surface area (Å²) in [6.07, 6.45) is 2.19. The number of hydrogen-bond acceptors (Lipinski definition) is 4. The Kier molecular flexibility index (Phi) is 5.75. The van der Waals surface area contributed by atoms with E-state index in [2.05, 4.69) is 15.6 Å². The maximum Gasteiger partial charge on any atom is 0.273 e. The number of hydrogen-bond donors (Lipinski definition) is 2. The Hall–Kier alpha value is -3.62. The van der Waals surface area contributed by atoms with Crippen molar-refractivity contribution in [2.75, 3.05) is 5.32 Å². The van der Waals surface area contributed by atoms with Gasteiger partial charge in [0.05, 0.1) is 11.0 Å². The van der Waals surface area contributed by atoms with E-state index >= 15 is 0 Å². The van der Waals surface area contributed by atoms with Gasteiger partial charge in [0.15, 0.2) is 0 Å². The van der Waals surface area contributed by atoms with Gasteiger partial charge in [-0.15, -0.1) is 0 Å². The first-order valence-corrected chi connectivity index (χ1v) is 9.93. The van der Waals surface area contributed by atoms with Crippen LogP contribution in [0.1, 0.15) is 25.0 Å². The van der Waals surface area contributed by atoms with Gasteiger partial charge in [-0.05, 0) is 37.1 Å². The highest BCUT2D eigenvalue weighted by Crippen LogP contribution is 2.19. The third-order valence-corrected chi connectivity index (χ3v) is 4.90. The van der Waals surface area contributed by atoms with Gasteiger partial charge in [-0.25, -0.2) is 13.8 Å². The molecule has 2 amide bonds. The van der Waals surface area contributed by atoms with Crippen LogP contribution < -0.4 is 16.2 Å². The Morgan fingerprint density at radius 2 is 1.77 bits per heavy atom. The fourth-order valence-electron chi connectivity index (χ4n) is 3.29. The molecule has 0 bridgehead atoms. The minimum Gasteiger partial charge on any atom is -0.353 e.